The van der Waals surface area contributed by atoms with E-state index in [2.05, 4.69) is 15.3 Å². The van der Waals surface area contributed by atoms with Crippen molar-refractivity contribution in [3.8, 4) is 0 Å². The Morgan fingerprint density at radius 1 is 1.73 bits per heavy atom. The van der Waals surface area contributed by atoms with Crippen LogP contribution in [0.3, 0.4) is 0 Å². The fourth-order valence-corrected chi connectivity index (χ4v) is 0.624. The smallest absolute Gasteiger partial charge is 0.222 e. The van der Waals surface area contributed by atoms with E-state index in [0.29, 0.717) is 5.82 Å². The van der Waals surface area contributed by atoms with Crippen LogP contribution in [0.5, 0.6) is 0 Å². The molecule has 1 amide bonds. The third-order valence-electron chi connectivity index (χ3n) is 0.978. The summed E-state index contributed by atoms with van der Waals surface area (Å²) < 4.78 is 0. The molecule has 0 fully saturated rings. The predicted molar refractivity (Wildman–Crippen MR) is 40.7 cm³/mol. The molecule has 0 atom stereocenters. The average Bonchev–Trinajstić information content (AvgIpc) is 1.85. The van der Waals surface area contributed by atoms with Crippen LogP contribution in [0, 0.1) is 0 Å². The molecule has 0 aromatic carbocycles. The van der Waals surface area contributed by atoms with Gasteiger partial charge in [-0.2, -0.15) is 4.98 Å². The molecule has 1 rings (SSSR count). The Bertz CT molecular complexity index is 273. The third-order valence-corrected chi connectivity index (χ3v) is 0.978. The molecule has 0 unspecified atom stereocenters. The molecular weight excluding hydrogens is 144 g/mol. The van der Waals surface area contributed by atoms with Crippen molar-refractivity contribution >= 4 is 17.7 Å². The standard InChI is InChI=1S/C6H8N4O/c1-4(11)9-5-2-3-8-6(7)10-5/h2-3H,1H3,(H3,7,8,9,10,11). The molecule has 0 spiro atoms. The lowest BCUT2D eigenvalue weighted by Crippen LogP contribution is -2.08. The van der Waals surface area contributed by atoms with Gasteiger partial charge >= 0.3 is 0 Å². The van der Waals surface area contributed by atoms with Crippen molar-refractivity contribution in [1.29, 1.82) is 0 Å². The van der Waals surface area contributed by atoms with E-state index in [1.165, 1.54) is 13.1 Å². The highest BCUT2D eigenvalue weighted by atomic mass is 16.1. The second-order valence-electron chi connectivity index (χ2n) is 1.98. The average molecular weight is 152 g/mol. The number of amides is 1. The number of nitrogens with zero attached hydrogens (tertiary/aromatic N) is 2. The molecule has 1 heterocycles. The van der Waals surface area contributed by atoms with E-state index in [-0.39, 0.29) is 11.9 Å². The monoisotopic (exact) mass is 152 g/mol. The van der Waals surface area contributed by atoms with Crippen LogP contribution in [-0.2, 0) is 4.79 Å². The van der Waals surface area contributed by atoms with Gasteiger partial charge in [-0.15, -0.1) is 0 Å². The molecule has 0 aliphatic heterocycles. The Labute approximate surface area is 63.7 Å². The summed E-state index contributed by atoms with van der Waals surface area (Å²) in [6.45, 7) is 1.40. The molecular formula is C6H8N4O. The van der Waals surface area contributed by atoms with Crippen LogP contribution in [0.4, 0.5) is 11.8 Å². The summed E-state index contributed by atoms with van der Waals surface area (Å²) >= 11 is 0. The second-order valence-corrected chi connectivity index (χ2v) is 1.98. The minimum Gasteiger partial charge on any atom is -0.368 e. The van der Waals surface area contributed by atoms with E-state index < -0.39 is 0 Å². The lowest BCUT2D eigenvalue weighted by Gasteiger charge is -1.99. The predicted octanol–water partition coefficient (Wildman–Crippen LogP) is 0.0172. The zero-order valence-electron chi connectivity index (χ0n) is 6.03. The summed E-state index contributed by atoms with van der Waals surface area (Å²) in [7, 11) is 0. The van der Waals surface area contributed by atoms with Crippen molar-refractivity contribution < 1.29 is 4.79 Å². The molecule has 5 nitrogen and oxygen atoms in total. The van der Waals surface area contributed by atoms with E-state index in [1.807, 2.05) is 0 Å². The van der Waals surface area contributed by atoms with Gasteiger partial charge in [0.15, 0.2) is 0 Å². The SMILES string of the molecule is CC(=O)Nc1ccnc(N)n1. The summed E-state index contributed by atoms with van der Waals surface area (Å²) in [5.41, 5.74) is 5.26. The van der Waals surface area contributed by atoms with Gasteiger partial charge in [0.05, 0.1) is 0 Å². The van der Waals surface area contributed by atoms with Crippen LogP contribution in [0.2, 0.25) is 0 Å². The number of nitrogens with one attached hydrogen (secondary N) is 1. The van der Waals surface area contributed by atoms with Crippen LogP contribution in [0.25, 0.3) is 0 Å². The number of hydrogen-bond acceptors (Lipinski definition) is 4. The third kappa shape index (κ3) is 2.21. The minimum absolute atomic E-state index is 0.149. The first-order valence-corrected chi connectivity index (χ1v) is 3.04. The number of carbonyl (C=O) groups is 1. The van der Waals surface area contributed by atoms with Gasteiger partial charge in [-0.1, -0.05) is 0 Å². The van der Waals surface area contributed by atoms with Crippen molar-refractivity contribution in [3.63, 3.8) is 0 Å². The molecule has 3 N–H and O–H groups in total. The second kappa shape index (κ2) is 2.96. The molecule has 58 valence electrons. The number of nitrogen functional groups attached to an aromatic ring is 1. The zero-order valence-corrected chi connectivity index (χ0v) is 6.03. The Morgan fingerprint density at radius 3 is 3.00 bits per heavy atom. The number of rotatable bonds is 1. The molecule has 0 saturated carbocycles. The highest BCUT2D eigenvalue weighted by Crippen LogP contribution is 2.01. The molecule has 11 heavy (non-hydrogen) atoms. The summed E-state index contributed by atoms with van der Waals surface area (Å²) in [5.74, 6) is 0.393. The molecule has 0 radical (unpaired) electrons. The van der Waals surface area contributed by atoms with E-state index >= 15 is 0 Å². The first-order chi connectivity index (χ1) is 5.18. The molecule has 1 aromatic heterocycles. The van der Waals surface area contributed by atoms with Crippen LogP contribution >= 0.6 is 0 Å². The molecule has 0 aliphatic rings. The molecule has 0 bridgehead atoms. The maximum absolute atomic E-state index is 10.5. The van der Waals surface area contributed by atoms with E-state index in [4.69, 9.17) is 5.73 Å². The normalized spacial score (nSPS) is 9.18. The van der Waals surface area contributed by atoms with Crippen molar-refractivity contribution in [3.05, 3.63) is 12.3 Å². The van der Waals surface area contributed by atoms with E-state index in [9.17, 15) is 4.79 Å². The lowest BCUT2D eigenvalue weighted by atomic mass is 10.5. The Balaban J connectivity index is 2.79. The van der Waals surface area contributed by atoms with Crippen molar-refractivity contribution in [2.75, 3.05) is 11.1 Å². The Hall–Kier alpha value is -1.65. The van der Waals surface area contributed by atoms with Crippen LogP contribution in [0.1, 0.15) is 6.92 Å². The molecule has 0 saturated heterocycles. The van der Waals surface area contributed by atoms with Gasteiger partial charge in [0.2, 0.25) is 11.9 Å². The zero-order chi connectivity index (χ0) is 8.27. The highest BCUT2D eigenvalue weighted by Gasteiger charge is 1.95. The summed E-state index contributed by atoms with van der Waals surface area (Å²) in [6.07, 6.45) is 1.48. The summed E-state index contributed by atoms with van der Waals surface area (Å²) in [5, 5.41) is 2.48. The fraction of sp³-hybridized carbons (Fsp3) is 0.167. The van der Waals surface area contributed by atoms with E-state index in [0.717, 1.165) is 0 Å². The topological polar surface area (TPSA) is 80.9 Å². The van der Waals surface area contributed by atoms with Gasteiger partial charge in [-0.05, 0) is 6.07 Å². The van der Waals surface area contributed by atoms with Crippen molar-refractivity contribution in [2.45, 2.75) is 6.92 Å². The first kappa shape index (κ1) is 7.46. The molecule has 5 heteroatoms. The summed E-state index contributed by atoms with van der Waals surface area (Å²) in [4.78, 5) is 17.9. The van der Waals surface area contributed by atoms with Crippen molar-refractivity contribution in [2.24, 2.45) is 0 Å². The van der Waals surface area contributed by atoms with Crippen LogP contribution < -0.4 is 11.1 Å². The lowest BCUT2D eigenvalue weighted by molar-refractivity contribution is -0.114. The maximum atomic E-state index is 10.5. The largest absolute Gasteiger partial charge is 0.368 e. The Morgan fingerprint density at radius 2 is 2.45 bits per heavy atom. The fourth-order valence-electron chi connectivity index (χ4n) is 0.624. The number of hydrogen-bond donors (Lipinski definition) is 2. The number of carbonyl (C=O) groups excluding carboxylic acids is 1. The van der Waals surface area contributed by atoms with Gasteiger partial charge in [0, 0.05) is 13.1 Å². The highest BCUT2D eigenvalue weighted by molar-refractivity contribution is 5.87. The minimum atomic E-state index is -0.178. The first-order valence-electron chi connectivity index (χ1n) is 3.04. The number of aromatic nitrogens is 2. The number of nitrogens with two attached hydrogens (primary N) is 1. The summed E-state index contributed by atoms with van der Waals surface area (Å²) in [6, 6.07) is 1.57. The van der Waals surface area contributed by atoms with Gasteiger partial charge < -0.3 is 11.1 Å². The Kier molecular flexibility index (Phi) is 2.00. The quantitative estimate of drug-likeness (QED) is 0.594. The van der Waals surface area contributed by atoms with Crippen molar-refractivity contribution in [1.82, 2.24) is 9.97 Å². The maximum Gasteiger partial charge on any atom is 0.222 e. The van der Waals surface area contributed by atoms with Gasteiger partial charge in [-0.25, -0.2) is 4.98 Å². The molecule has 1 aromatic rings. The van der Waals surface area contributed by atoms with Crippen LogP contribution in [0.15, 0.2) is 12.3 Å². The van der Waals surface area contributed by atoms with Gasteiger partial charge in [0.1, 0.15) is 5.82 Å². The van der Waals surface area contributed by atoms with E-state index in [1.54, 1.807) is 6.07 Å². The van der Waals surface area contributed by atoms with Crippen LogP contribution in [-0.4, -0.2) is 15.9 Å². The van der Waals surface area contributed by atoms with Gasteiger partial charge in [-0.3, -0.25) is 4.79 Å². The number of anilines is 2. The van der Waals surface area contributed by atoms with Gasteiger partial charge in [0.25, 0.3) is 0 Å². The molecule has 0 aliphatic carbocycles.